The van der Waals surface area contributed by atoms with Crippen molar-refractivity contribution in [3.63, 3.8) is 0 Å². The minimum atomic E-state index is -0.928. The van der Waals surface area contributed by atoms with Gasteiger partial charge in [0.05, 0.1) is 25.3 Å². The Balaban J connectivity index is 1.55. The molecule has 0 aromatic carbocycles. The van der Waals surface area contributed by atoms with Crippen molar-refractivity contribution in [3.8, 4) is 0 Å². The van der Waals surface area contributed by atoms with Crippen LogP contribution in [0.25, 0.3) is 0 Å². The Labute approximate surface area is 123 Å². The van der Waals surface area contributed by atoms with Gasteiger partial charge in [-0.3, -0.25) is 14.5 Å². The average Bonchev–Trinajstić information content (AvgIpc) is 2.89. The summed E-state index contributed by atoms with van der Waals surface area (Å²) >= 11 is 0. The minimum Gasteiger partial charge on any atom is -0.480 e. The number of carbonyl (C=O) groups is 2. The molecular weight excluding hydrogens is 276 g/mol. The molecule has 2 saturated heterocycles. The Bertz CT molecular complexity index is 430. The zero-order valence-corrected chi connectivity index (χ0v) is 12.2. The van der Waals surface area contributed by atoms with E-state index in [0.29, 0.717) is 25.9 Å². The van der Waals surface area contributed by atoms with Crippen molar-refractivity contribution in [2.24, 2.45) is 5.92 Å². The standard InChI is InChI=1S/C14H22N2O5/c1-15-7-16(13(17)5-10(15)14(18)19)6-9-2-3-11-12(4-9)21-8-20-11/h9-12H,2-8H2,1H3,(H,18,19). The first-order valence-electron chi connectivity index (χ1n) is 7.48. The molecule has 0 aromatic rings. The highest BCUT2D eigenvalue weighted by Gasteiger charge is 2.39. The summed E-state index contributed by atoms with van der Waals surface area (Å²) in [5.41, 5.74) is 0. The number of ether oxygens (including phenoxy) is 2. The van der Waals surface area contributed by atoms with Crippen LogP contribution in [0.15, 0.2) is 0 Å². The van der Waals surface area contributed by atoms with Gasteiger partial charge in [-0.05, 0) is 32.2 Å². The van der Waals surface area contributed by atoms with Crippen LogP contribution in [0.2, 0.25) is 0 Å². The quantitative estimate of drug-likeness (QED) is 0.796. The highest BCUT2D eigenvalue weighted by atomic mass is 16.7. The smallest absolute Gasteiger partial charge is 0.321 e. The maximum Gasteiger partial charge on any atom is 0.321 e. The molecule has 0 spiro atoms. The highest BCUT2D eigenvalue weighted by molar-refractivity contribution is 5.85. The van der Waals surface area contributed by atoms with Gasteiger partial charge in [-0.15, -0.1) is 0 Å². The summed E-state index contributed by atoms with van der Waals surface area (Å²) < 4.78 is 11.1. The van der Waals surface area contributed by atoms with Crippen molar-refractivity contribution in [1.82, 2.24) is 9.80 Å². The van der Waals surface area contributed by atoms with E-state index in [2.05, 4.69) is 0 Å². The van der Waals surface area contributed by atoms with Gasteiger partial charge in [0.1, 0.15) is 12.8 Å². The van der Waals surface area contributed by atoms with Gasteiger partial charge in [0.15, 0.2) is 0 Å². The molecule has 7 nitrogen and oxygen atoms in total. The number of carboxylic acid groups (broad SMARTS) is 1. The van der Waals surface area contributed by atoms with Gasteiger partial charge in [0.2, 0.25) is 5.91 Å². The largest absolute Gasteiger partial charge is 0.480 e. The number of nitrogens with zero attached hydrogens (tertiary/aromatic N) is 2. The van der Waals surface area contributed by atoms with E-state index in [1.54, 1.807) is 16.8 Å². The third-order valence-corrected chi connectivity index (χ3v) is 4.81. The maximum absolute atomic E-state index is 12.1. The van der Waals surface area contributed by atoms with Gasteiger partial charge in [0, 0.05) is 6.54 Å². The van der Waals surface area contributed by atoms with E-state index in [9.17, 15) is 9.59 Å². The molecule has 4 atom stereocenters. The molecule has 0 radical (unpaired) electrons. The zero-order chi connectivity index (χ0) is 15.0. The highest BCUT2D eigenvalue weighted by Crippen LogP contribution is 2.33. The van der Waals surface area contributed by atoms with Crippen LogP contribution in [0.4, 0.5) is 0 Å². The van der Waals surface area contributed by atoms with E-state index in [1.165, 1.54) is 0 Å². The van der Waals surface area contributed by atoms with Crippen LogP contribution in [0.3, 0.4) is 0 Å². The van der Waals surface area contributed by atoms with Crippen molar-refractivity contribution in [3.05, 3.63) is 0 Å². The van der Waals surface area contributed by atoms with Crippen molar-refractivity contribution < 1.29 is 24.2 Å². The number of aliphatic carboxylic acids is 1. The van der Waals surface area contributed by atoms with Crippen molar-refractivity contribution >= 4 is 11.9 Å². The molecule has 1 amide bonds. The number of hydrogen-bond acceptors (Lipinski definition) is 5. The molecule has 2 heterocycles. The second-order valence-electron chi connectivity index (χ2n) is 6.28. The fourth-order valence-electron chi connectivity index (χ4n) is 3.57. The molecular formula is C14H22N2O5. The monoisotopic (exact) mass is 298 g/mol. The summed E-state index contributed by atoms with van der Waals surface area (Å²) in [6.45, 7) is 1.45. The van der Waals surface area contributed by atoms with Crippen LogP contribution >= 0.6 is 0 Å². The van der Waals surface area contributed by atoms with Crippen LogP contribution in [0, 0.1) is 5.92 Å². The predicted octanol–water partition coefficient (Wildman–Crippen LogP) is 0.103. The molecule has 1 N–H and O–H groups in total. The van der Waals surface area contributed by atoms with E-state index in [1.807, 2.05) is 0 Å². The number of hydrogen-bond donors (Lipinski definition) is 1. The van der Waals surface area contributed by atoms with Crippen LogP contribution in [-0.2, 0) is 19.1 Å². The molecule has 3 aliphatic rings. The summed E-state index contributed by atoms with van der Waals surface area (Å²) in [5, 5.41) is 9.09. The normalized spacial score (nSPS) is 37.6. The number of fused-ring (bicyclic) bond motifs is 1. The van der Waals surface area contributed by atoms with Gasteiger partial charge in [-0.25, -0.2) is 0 Å². The Kier molecular flexibility index (Phi) is 4.14. The molecule has 1 saturated carbocycles. The van der Waals surface area contributed by atoms with Crippen molar-refractivity contribution in [1.29, 1.82) is 0 Å². The van der Waals surface area contributed by atoms with E-state index in [-0.39, 0.29) is 24.5 Å². The number of carbonyl (C=O) groups excluding carboxylic acids is 1. The first-order chi connectivity index (χ1) is 10.0. The fourth-order valence-corrected chi connectivity index (χ4v) is 3.57. The Morgan fingerprint density at radius 1 is 1.33 bits per heavy atom. The van der Waals surface area contributed by atoms with Crippen LogP contribution < -0.4 is 0 Å². The summed E-state index contributed by atoms with van der Waals surface area (Å²) in [6, 6.07) is -0.698. The Morgan fingerprint density at radius 3 is 2.86 bits per heavy atom. The van der Waals surface area contributed by atoms with Gasteiger partial charge in [0.25, 0.3) is 0 Å². The number of rotatable bonds is 3. The molecule has 0 aromatic heterocycles. The third-order valence-electron chi connectivity index (χ3n) is 4.81. The lowest BCUT2D eigenvalue weighted by atomic mass is 9.85. The summed E-state index contributed by atoms with van der Waals surface area (Å²) in [7, 11) is 1.75. The molecule has 1 aliphatic carbocycles. The molecule has 7 heteroatoms. The summed E-state index contributed by atoms with van der Waals surface area (Å²) in [6.07, 6.45) is 3.36. The second kappa shape index (κ2) is 5.90. The lowest BCUT2D eigenvalue weighted by Gasteiger charge is -2.40. The van der Waals surface area contributed by atoms with Crippen LogP contribution in [0.5, 0.6) is 0 Å². The second-order valence-corrected chi connectivity index (χ2v) is 6.28. The molecule has 0 bridgehead atoms. The Hall–Kier alpha value is -1.18. The average molecular weight is 298 g/mol. The zero-order valence-electron chi connectivity index (χ0n) is 12.2. The van der Waals surface area contributed by atoms with E-state index < -0.39 is 12.0 Å². The first-order valence-corrected chi connectivity index (χ1v) is 7.48. The topological polar surface area (TPSA) is 79.3 Å². The summed E-state index contributed by atoms with van der Waals surface area (Å²) in [5.74, 6) is -0.583. The SMILES string of the molecule is CN1CN(CC2CCC3OCOC3C2)C(=O)CC1C(=O)O. The molecule has 21 heavy (non-hydrogen) atoms. The van der Waals surface area contributed by atoms with Crippen molar-refractivity contribution in [2.75, 3.05) is 27.1 Å². The number of likely N-dealkylation sites (N-methyl/N-ethyl adjacent to an activating group) is 1. The summed E-state index contributed by atoms with van der Waals surface area (Å²) in [4.78, 5) is 26.7. The maximum atomic E-state index is 12.1. The van der Waals surface area contributed by atoms with Crippen LogP contribution in [-0.4, -0.2) is 72.1 Å². The van der Waals surface area contributed by atoms with Gasteiger partial charge in [-0.2, -0.15) is 0 Å². The van der Waals surface area contributed by atoms with E-state index >= 15 is 0 Å². The number of carboxylic acids is 1. The molecule has 118 valence electrons. The predicted molar refractivity (Wildman–Crippen MR) is 72.3 cm³/mol. The fraction of sp³-hybridized carbons (Fsp3) is 0.857. The molecule has 3 fully saturated rings. The third kappa shape index (κ3) is 3.04. The minimum absolute atomic E-state index is 0.0597. The lowest BCUT2D eigenvalue weighted by Crippen LogP contribution is -2.55. The molecule has 2 aliphatic heterocycles. The van der Waals surface area contributed by atoms with Gasteiger partial charge < -0.3 is 19.5 Å². The van der Waals surface area contributed by atoms with Gasteiger partial charge >= 0.3 is 5.97 Å². The van der Waals surface area contributed by atoms with Crippen molar-refractivity contribution in [2.45, 2.75) is 43.9 Å². The van der Waals surface area contributed by atoms with E-state index in [0.717, 1.165) is 19.3 Å². The molecule has 4 unspecified atom stereocenters. The van der Waals surface area contributed by atoms with E-state index in [4.69, 9.17) is 14.6 Å². The first kappa shape index (κ1) is 14.7. The van der Waals surface area contributed by atoms with Gasteiger partial charge in [-0.1, -0.05) is 0 Å². The lowest BCUT2D eigenvalue weighted by molar-refractivity contribution is -0.155. The molecule has 3 rings (SSSR count). The Morgan fingerprint density at radius 2 is 2.10 bits per heavy atom. The number of amides is 1. The van der Waals surface area contributed by atoms with Crippen LogP contribution in [0.1, 0.15) is 25.7 Å².